The third-order valence-electron chi connectivity index (χ3n) is 6.18. The van der Waals surface area contributed by atoms with Gasteiger partial charge in [-0.1, -0.05) is 6.07 Å². The number of esters is 2. The highest BCUT2D eigenvalue weighted by atomic mass is 35.5. The maximum absolute atomic E-state index is 13.0. The van der Waals surface area contributed by atoms with Gasteiger partial charge in [-0.05, 0) is 55.3 Å². The Morgan fingerprint density at radius 2 is 1.53 bits per heavy atom. The van der Waals surface area contributed by atoms with Gasteiger partial charge in [-0.15, -0.1) is 23.2 Å². The quantitative estimate of drug-likeness (QED) is 0.344. The van der Waals surface area contributed by atoms with E-state index in [1.165, 1.54) is 49.6 Å². The maximum atomic E-state index is 13.0. The van der Waals surface area contributed by atoms with Crippen LogP contribution in [-0.2, 0) is 23.9 Å². The Hall–Kier alpha value is -3.43. The number of hydrogen-bond donors (Lipinski definition) is 1. The van der Waals surface area contributed by atoms with E-state index in [1.54, 1.807) is 6.07 Å². The molecular formula is C25H22Cl2N2O7. The van der Waals surface area contributed by atoms with Gasteiger partial charge in [0.05, 0.1) is 46.5 Å². The molecule has 3 amide bonds. The number of nitrogens with one attached hydrogen (secondary N) is 1. The highest BCUT2D eigenvalue weighted by molar-refractivity contribution is 6.31. The first-order valence-corrected chi connectivity index (χ1v) is 12.0. The van der Waals surface area contributed by atoms with Gasteiger partial charge in [0.15, 0.2) is 6.61 Å². The topological polar surface area (TPSA) is 119 Å². The molecule has 0 bridgehead atoms. The Labute approximate surface area is 216 Å². The summed E-state index contributed by atoms with van der Waals surface area (Å²) in [5.41, 5.74) is 1.03. The molecule has 11 heteroatoms. The third kappa shape index (κ3) is 5.22. The number of carbonyl (C=O) groups is 5. The van der Waals surface area contributed by atoms with E-state index in [0.717, 1.165) is 4.90 Å². The summed E-state index contributed by atoms with van der Waals surface area (Å²) in [5, 5.41) is 1.75. The molecule has 2 aliphatic rings. The maximum Gasteiger partial charge on any atom is 0.338 e. The van der Waals surface area contributed by atoms with Crippen LogP contribution in [0.3, 0.4) is 0 Å². The Bertz CT molecular complexity index is 1190. The number of rotatable bonds is 6. The zero-order valence-corrected chi connectivity index (χ0v) is 20.6. The van der Waals surface area contributed by atoms with Gasteiger partial charge in [0, 0.05) is 5.69 Å². The van der Waals surface area contributed by atoms with Crippen molar-refractivity contribution in [3.63, 3.8) is 0 Å². The van der Waals surface area contributed by atoms with Crippen molar-refractivity contribution in [3.8, 4) is 0 Å². The van der Waals surface area contributed by atoms with E-state index in [1.807, 2.05) is 0 Å². The molecule has 2 aromatic carbocycles. The molecule has 0 radical (unpaired) electrons. The summed E-state index contributed by atoms with van der Waals surface area (Å²) in [7, 11) is 1.26. The summed E-state index contributed by atoms with van der Waals surface area (Å²) in [5.74, 6) is -3.74. The monoisotopic (exact) mass is 532 g/mol. The van der Waals surface area contributed by atoms with Crippen molar-refractivity contribution < 1.29 is 33.4 Å². The van der Waals surface area contributed by atoms with Crippen molar-refractivity contribution in [2.45, 2.75) is 23.6 Å². The number of fused-ring (bicyclic) bond motifs is 1. The van der Waals surface area contributed by atoms with Gasteiger partial charge in [0.2, 0.25) is 11.8 Å². The number of methoxy groups -OCH3 is 1. The summed E-state index contributed by atoms with van der Waals surface area (Å²) < 4.78 is 9.70. The Morgan fingerprint density at radius 3 is 2.11 bits per heavy atom. The largest absolute Gasteiger partial charge is 0.465 e. The smallest absolute Gasteiger partial charge is 0.338 e. The number of halogens is 2. The second kappa shape index (κ2) is 10.7. The predicted octanol–water partition coefficient (Wildman–Crippen LogP) is 3.38. The van der Waals surface area contributed by atoms with Crippen molar-refractivity contribution in [1.82, 2.24) is 0 Å². The molecule has 36 heavy (non-hydrogen) atoms. The molecular weight excluding hydrogens is 511 g/mol. The van der Waals surface area contributed by atoms with Crippen LogP contribution in [0.4, 0.5) is 11.4 Å². The normalized spacial score (nSPS) is 23.1. The fraction of sp³-hybridized carbons (Fsp3) is 0.320. The molecule has 188 valence electrons. The number of ether oxygens (including phenoxy) is 2. The van der Waals surface area contributed by atoms with Gasteiger partial charge in [-0.3, -0.25) is 19.3 Å². The van der Waals surface area contributed by atoms with Crippen LogP contribution in [0.1, 0.15) is 33.6 Å². The summed E-state index contributed by atoms with van der Waals surface area (Å²) in [6, 6.07) is 11.9. The van der Waals surface area contributed by atoms with E-state index in [0.29, 0.717) is 24.1 Å². The zero-order valence-electron chi connectivity index (χ0n) is 19.1. The van der Waals surface area contributed by atoms with E-state index in [4.69, 9.17) is 27.9 Å². The van der Waals surface area contributed by atoms with E-state index in [9.17, 15) is 24.0 Å². The van der Waals surface area contributed by atoms with E-state index < -0.39 is 47.0 Å². The average molecular weight is 533 g/mol. The molecule has 4 atom stereocenters. The van der Waals surface area contributed by atoms with Gasteiger partial charge in [-0.25, -0.2) is 9.59 Å². The van der Waals surface area contributed by atoms with Crippen LogP contribution < -0.4 is 10.2 Å². The molecule has 4 rings (SSSR count). The number of hydrogen-bond acceptors (Lipinski definition) is 7. The first-order chi connectivity index (χ1) is 17.2. The highest BCUT2D eigenvalue weighted by Crippen LogP contribution is 2.43. The minimum atomic E-state index is -0.800. The molecule has 0 aromatic heterocycles. The standard InChI is InChI=1S/C25H22Cl2N2O7/c1-35-24(33)13-5-7-15(8-6-13)28-21(30)12-36-25(34)14-3-2-4-16(9-14)29-22(31)17-10-19(26)20(27)11-18(17)23(29)32/h2-9,17-20H,10-12H2,1H3,(H,28,30)/t17-,18+,19+,20-. The van der Waals surface area contributed by atoms with Crippen molar-refractivity contribution in [2.24, 2.45) is 11.8 Å². The summed E-state index contributed by atoms with van der Waals surface area (Å²) >= 11 is 12.4. The predicted molar refractivity (Wildman–Crippen MR) is 131 cm³/mol. The summed E-state index contributed by atoms with van der Waals surface area (Å²) in [6.45, 7) is -0.568. The SMILES string of the molecule is COC(=O)c1ccc(NC(=O)COC(=O)c2cccc(N3C(=O)[C@H]4C[C@@H](Cl)[C@@H](Cl)C[C@H]4C3=O)c2)cc1. The summed E-state index contributed by atoms with van der Waals surface area (Å²) in [6.07, 6.45) is 0.618. The number of nitrogens with zero attached hydrogens (tertiary/aromatic N) is 1. The lowest BCUT2D eigenvalue weighted by atomic mass is 9.80. The molecule has 1 heterocycles. The lowest BCUT2D eigenvalue weighted by Gasteiger charge is -2.28. The number of imide groups is 1. The number of carbonyl (C=O) groups excluding carboxylic acids is 5. The van der Waals surface area contributed by atoms with E-state index in [-0.39, 0.29) is 23.1 Å². The Kier molecular flexibility index (Phi) is 7.61. The first kappa shape index (κ1) is 25.7. The molecule has 2 fully saturated rings. The molecule has 1 saturated carbocycles. The van der Waals surface area contributed by atoms with Crippen LogP contribution in [0, 0.1) is 11.8 Å². The number of alkyl halides is 2. The first-order valence-electron chi connectivity index (χ1n) is 11.1. The molecule has 2 aromatic rings. The van der Waals surface area contributed by atoms with E-state index in [2.05, 4.69) is 10.1 Å². The minimum Gasteiger partial charge on any atom is -0.465 e. The van der Waals surface area contributed by atoms with Crippen LogP contribution in [0.25, 0.3) is 0 Å². The third-order valence-corrected chi connectivity index (χ3v) is 7.27. The molecule has 1 aliphatic carbocycles. The zero-order chi connectivity index (χ0) is 26.0. The van der Waals surface area contributed by atoms with Gasteiger partial charge in [0.1, 0.15) is 0 Å². The van der Waals surface area contributed by atoms with Crippen molar-refractivity contribution in [2.75, 3.05) is 23.9 Å². The van der Waals surface area contributed by atoms with Crippen LogP contribution in [0.2, 0.25) is 0 Å². The summed E-state index contributed by atoms with van der Waals surface area (Å²) in [4.78, 5) is 63.2. The molecule has 1 aliphatic heterocycles. The number of amides is 3. The lowest BCUT2D eigenvalue weighted by molar-refractivity contribution is -0.122. The molecule has 1 saturated heterocycles. The molecule has 1 N–H and O–H groups in total. The fourth-order valence-electron chi connectivity index (χ4n) is 4.34. The van der Waals surface area contributed by atoms with Crippen LogP contribution >= 0.6 is 23.2 Å². The molecule has 0 spiro atoms. The average Bonchev–Trinajstić information content (AvgIpc) is 3.11. The Balaban J connectivity index is 1.38. The van der Waals surface area contributed by atoms with Crippen molar-refractivity contribution in [1.29, 1.82) is 0 Å². The van der Waals surface area contributed by atoms with Crippen molar-refractivity contribution in [3.05, 3.63) is 59.7 Å². The van der Waals surface area contributed by atoms with Gasteiger partial charge < -0.3 is 14.8 Å². The second-order valence-corrected chi connectivity index (χ2v) is 9.59. The van der Waals surface area contributed by atoms with Gasteiger partial charge in [-0.2, -0.15) is 0 Å². The van der Waals surface area contributed by atoms with E-state index >= 15 is 0 Å². The lowest BCUT2D eigenvalue weighted by Crippen LogP contribution is -2.34. The van der Waals surface area contributed by atoms with Gasteiger partial charge in [0.25, 0.3) is 5.91 Å². The molecule has 0 unspecified atom stereocenters. The highest BCUT2D eigenvalue weighted by Gasteiger charge is 2.52. The second-order valence-electron chi connectivity index (χ2n) is 8.47. The van der Waals surface area contributed by atoms with Crippen molar-refractivity contribution >= 4 is 64.2 Å². The minimum absolute atomic E-state index is 0.0728. The van der Waals surface area contributed by atoms with Crippen LogP contribution in [0.15, 0.2) is 48.5 Å². The number of anilines is 2. The van der Waals surface area contributed by atoms with Crippen LogP contribution in [-0.4, -0.2) is 54.1 Å². The fourth-order valence-corrected chi connectivity index (χ4v) is 4.93. The number of benzene rings is 2. The Morgan fingerprint density at radius 1 is 0.917 bits per heavy atom. The molecule has 9 nitrogen and oxygen atoms in total. The van der Waals surface area contributed by atoms with Gasteiger partial charge >= 0.3 is 11.9 Å². The van der Waals surface area contributed by atoms with Crippen LogP contribution in [0.5, 0.6) is 0 Å².